The number of nitrogens with one attached hydrogen (secondary N) is 1. The SMILES string of the molecule is N=C(N)c1c(Cl)cccc1OCCCc1ccncc1. The van der Waals surface area contributed by atoms with E-state index >= 15 is 0 Å². The monoisotopic (exact) mass is 289 g/mol. The van der Waals surface area contributed by atoms with Crippen molar-refractivity contribution < 1.29 is 4.74 Å². The number of hydrogen-bond acceptors (Lipinski definition) is 3. The van der Waals surface area contributed by atoms with E-state index in [0.29, 0.717) is 22.9 Å². The first-order valence-corrected chi connectivity index (χ1v) is 6.71. The summed E-state index contributed by atoms with van der Waals surface area (Å²) in [6, 6.07) is 9.23. The molecule has 0 amide bonds. The third-order valence-electron chi connectivity index (χ3n) is 2.86. The molecule has 0 atom stereocenters. The van der Waals surface area contributed by atoms with Crippen LogP contribution in [0.15, 0.2) is 42.7 Å². The predicted octanol–water partition coefficient (Wildman–Crippen LogP) is 3.03. The Kier molecular flexibility index (Phi) is 4.96. The molecule has 1 heterocycles. The lowest BCUT2D eigenvalue weighted by Crippen LogP contribution is -2.14. The highest BCUT2D eigenvalue weighted by atomic mass is 35.5. The predicted molar refractivity (Wildman–Crippen MR) is 80.5 cm³/mol. The highest BCUT2D eigenvalue weighted by Crippen LogP contribution is 2.25. The highest BCUT2D eigenvalue weighted by molar-refractivity contribution is 6.34. The molecule has 0 saturated carbocycles. The van der Waals surface area contributed by atoms with Crippen LogP contribution in [0.1, 0.15) is 17.5 Å². The van der Waals surface area contributed by atoms with Gasteiger partial charge in [0.25, 0.3) is 0 Å². The number of aromatic nitrogens is 1. The Balaban J connectivity index is 1.92. The van der Waals surface area contributed by atoms with Gasteiger partial charge in [-0.3, -0.25) is 10.4 Å². The van der Waals surface area contributed by atoms with Gasteiger partial charge in [0.15, 0.2) is 0 Å². The molecule has 0 unspecified atom stereocenters. The molecule has 0 aliphatic rings. The van der Waals surface area contributed by atoms with Gasteiger partial charge in [0.2, 0.25) is 0 Å². The minimum absolute atomic E-state index is 0.0836. The van der Waals surface area contributed by atoms with Crippen molar-refractivity contribution in [2.24, 2.45) is 5.73 Å². The second kappa shape index (κ2) is 6.91. The summed E-state index contributed by atoms with van der Waals surface area (Å²) >= 11 is 6.03. The van der Waals surface area contributed by atoms with Crippen LogP contribution in [0, 0.1) is 5.41 Å². The number of hydrogen-bond donors (Lipinski definition) is 2. The summed E-state index contributed by atoms with van der Waals surface area (Å²) in [7, 11) is 0. The van der Waals surface area contributed by atoms with Crippen LogP contribution in [0.25, 0.3) is 0 Å². The van der Waals surface area contributed by atoms with Crippen molar-refractivity contribution in [3.8, 4) is 5.75 Å². The first kappa shape index (κ1) is 14.3. The fourth-order valence-corrected chi connectivity index (χ4v) is 2.16. The van der Waals surface area contributed by atoms with Crippen molar-refractivity contribution in [1.82, 2.24) is 4.98 Å². The van der Waals surface area contributed by atoms with E-state index in [1.54, 1.807) is 30.6 Å². The van der Waals surface area contributed by atoms with E-state index in [1.807, 2.05) is 12.1 Å². The standard InChI is InChI=1S/C15H16ClN3O/c16-12-4-1-5-13(14(12)15(17)18)20-10-2-3-11-6-8-19-9-7-11/h1,4-9H,2-3,10H2,(H3,17,18). The van der Waals surface area contributed by atoms with Crippen molar-refractivity contribution in [1.29, 1.82) is 5.41 Å². The molecule has 0 radical (unpaired) electrons. The number of nitrogens with two attached hydrogens (primary N) is 1. The van der Waals surface area contributed by atoms with E-state index in [0.717, 1.165) is 12.8 Å². The molecule has 20 heavy (non-hydrogen) atoms. The molecule has 3 N–H and O–H groups in total. The van der Waals surface area contributed by atoms with Crippen LogP contribution in [0.3, 0.4) is 0 Å². The Bertz CT molecular complexity index is 587. The number of nitrogens with zero attached hydrogens (tertiary/aromatic N) is 1. The van der Waals surface area contributed by atoms with Crippen LogP contribution in [0.2, 0.25) is 5.02 Å². The fourth-order valence-electron chi connectivity index (χ4n) is 1.89. The molecule has 1 aromatic heterocycles. The Morgan fingerprint density at radius 1 is 1.25 bits per heavy atom. The average Bonchev–Trinajstić information content (AvgIpc) is 2.44. The van der Waals surface area contributed by atoms with Gasteiger partial charge in [-0.1, -0.05) is 17.7 Å². The summed E-state index contributed by atoms with van der Waals surface area (Å²) in [5, 5.41) is 7.97. The summed E-state index contributed by atoms with van der Waals surface area (Å²) in [5.74, 6) is 0.472. The normalized spacial score (nSPS) is 10.2. The molecule has 5 heteroatoms. The van der Waals surface area contributed by atoms with Gasteiger partial charge in [0.05, 0.1) is 17.2 Å². The van der Waals surface area contributed by atoms with Gasteiger partial charge in [0, 0.05) is 12.4 Å². The maximum absolute atomic E-state index is 7.54. The summed E-state index contributed by atoms with van der Waals surface area (Å²) in [6.45, 7) is 0.545. The van der Waals surface area contributed by atoms with Crippen LogP contribution in [0.4, 0.5) is 0 Å². The maximum Gasteiger partial charge on any atom is 0.131 e. The molecular weight excluding hydrogens is 274 g/mol. The van der Waals surface area contributed by atoms with Gasteiger partial charge >= 0.3 is 0 Å². The van der Waals surface area contributed by atoms with Gasteiger partial charge in [-0.05, 0) is 42.7 Å². The molecule has 104 valence electrons. The number of pyridine rings is 1. The molecule has 0 aliphatic carbocycles. The second-order valence-corrected chi connectivity index (χ2v) is 4.74. The summed E-state index contributed by atoms with van der Waals surface area (Å²) in [4.78, 5) is 3.98. The van der Waals surface area contributed by atoms with Gasteiger partial charge in [0.1, 0.15) is 11.6 Å². The number of halogens is 1. The Labute approximate surface area is 123 Å². The minimum atomic E-state index is -0.0836. The molecule has 2 rings (SSSR count). The van der Waals surface area contributed by atoms with Gasteiger partial charge in [-0.25, -0.2) is 0 Å². The van der Waals surface area contributed by atoms with Crippen molar-refractivity contribution in [3.05, 3.63) is 58.9 Å². The van der Waals surface area contributed by atoms with Gasteiger partial charge in [-0.2, -0.15) is 0 Å². The van der Waals surface area contributed by atoms with E-state index in [1.165, 1.54) is 5.56 Å². The highest BCUT2D eigenvalue weighted by Gasteiger charge is 2.10. The average molecular weight is 290 g/mol. The lowest BCUT2D eigenvalue weighted by atomic mass is 10.1. The van der Waals surface area contributed by atoms with Gasteiger partial charge in [-0.15, -0.1) is 0 Å². The van der Waals surface area contributed by atoms with Crippen molar-refractivity contribution in [3.63, 3.8) is 0 Å². The zero-order chi connectivity index (χ0) is 14.4. The number of ether oxygens (including phenoxy) is 1. The molecule has 2 aromatic rings. The third-order valence-corrected chi connectivity index (χ3v) is 3.18. The number of benzene rings is 1. The molecule has 0 aliphatic heterocycles. The Morgan fingerprint density at radius 3 is 2.70 bits per heavy atom. The maximum atomic E-state index is 7.54. The third kappa shape index (κ3) is 3.71. The molecule has 1 aromatic carbocycles. The zero-order valence-corrected chi connectivity index (χ0v) is 11.7. The smallest absolute Gasteiger partial charge is 0.131 e. The molecule has 0 saturated heterocycles. The van der Waals surface area contributed by atoms with Crippen molar-refractivity contribution in [2.75, 3.05) is 6.61 Å². The topological polar surface area (TPSA) is 72.0 Å². The van der Waals surface area contributed by atoms with E-state index in [-0.39, 0.29) is 5.84 Å². The lowest BCUT2D eigenvalue weighted by Gasteiger charge is -2.11. The Hall–Kier alpha value is -2.07. The first-order valence-electron chi connectivity index (χ1n) is 6.33. The second-order valence-electron chi connectivity index (χ2n) is 4.33. The largest absolute Gasteiger partial charge is 0.493 e. The number of aryl methyl sites for hydroxylation is 1. The molecule has 4 nitrogen and oxygen atoms in total. The molecule has 0 spiro atoms. The number of amidine groups is 1. The van der Waals surface area contributed by atoms with E-state index in [9.17, 15) is 0 Å². The number of rotatable bonds is 6. The van der Waals surface area contributed by atoms with E-state index in [4.69, 9.17) is 27.5 Å². The molecule has 0 bridgehead atoms. The quantitative estimate of drug-likeness (QED) is 0.488. The number of nitrogen functional groups attached to an aromatic ring is 1. The van der Waals surface area contributed by atoms with Crippen molar-refractivity contribution >= 4 is 17.4 Å². The molecular formula is C15H16ClN3O. The van der Waals surface area contributed by atoms with Crippen LogP contribution in [0.5, 0.6) is 5.75 Å². The van der Waals surface area contributed by atoms with Crippen LogP contribution in [-0.2, 0) is 6.42 Å². The lowest BCUT2D eigenvalue weighted by molar-refractivity contribution is 0.310. The first-order chi connectivity index (χ1) is 9.68. The summed E-state index contributed by atoms with van der Waals surface area (Å²) < 4.78 is 5.68. The minimum Gasteiger partial charge on any atom is -0.493 e. The van der Waals surface area contributed by atoms with E-state index < -0.39 is 0 Å². The van der Waals surface area contributed by atoms with Crippen LogP contribution >= 0.6 is 11.6 Å². The van der Waals surface area contributed by atoms with Crippen LogP contribution < -0.4 is 10.5 Å². The zero-order valence-electron chi connectivity index (χ0n) is 11.0. The van der Waals surface area contributed by atoms with Crippen LogP contribution in [-0.4, -0.2) is 17.4 Å². The van der Waals surface area contributed by atoms with E-state index in [2.05, 4.69) is 4.98 Å². The van der Waals surface area contributed by atoms with Gasteiger partial charge < -0.3 is 10.5 Å². The summed E-state index contributed by atoms with van der Waals surface area (Å²) in [5.41, 5.74) is 7.20. The summed E-state index contributed by atoms with van der Waals surface area (Å²) in [6.07, 6.45) is 5.34. The fraction of sp³-hybridized carbons (Fsp3) is 0.200. The Morgan fingerprint density at radius 2 is 2.00 bits per heavy atom. The van der Waals surface area contributed by atoms with Crippen molar-refractivity contribution in [2.45, 2.75) is 12.8 Å². The molecule has 0 fully saturated rings.